The molecule has 0 saturated heterocycles. The van der Waals surface area contributed by atoms with E-state index in [1.165, 1.54) is 37.0 Å². The number of hydrogen-bond donors (Lipinski definition) is 1. The van der Waals surface area contributed by atoms with Crippen molar-refractivity contribution in [1.82, 2.24) is 0 Å². The molecule has 2 aromatic carbocycles. The van der Waals surface area contributed by atoms with Crippen LogP contribution in [0.4, 0.5) is 4.39 Å². The highest BCUT2D eigenvalue weighted by molar-refractivity contribution is 5.97. The van der Waals surface area contributed by atoms with Crippen molar-refractivity contribution in [2.75, 3.05) is 6.61 Å². The van der Waals surface area contributed by atoms with E-state index < -0.39 is 18.2 Å². The summed E-state index contributed by atoms with van der Waals surface area (Å²) in [5.74, 6) is 0.126. The minimum atomic E-state index is -0.637. The smallest absolute Gasteiger partial charge is 0.188 e. The Balaban J connectivity index is 1.73. The van der Waals surface area contributed by atoms with Crippen LogP contribution in [0.15, 0.2) is 42.5 Å². The van der Waals surface area contributed by atoms with Crippen LogP contribution in [0.5, 0.6) is 11.5 Å². The lowest BCUT2D eigenvalue weighted by molar-refractivity contribution is 0.0903. The molecule has 1 aliphatic rings. The molecule has 0 heterocycles. The molecule has 0 amide bonds. The molecule has 4 heteroatoms. The number of rotatable bonds is 5. The van der Waals surface area contributed by atoms with Gasteiger partial charge in [-0.25, -0.2) is 4.39 Å². The monoisotopic (exact) mass is 300 g/mol. The summed E-state index contributed by atoms with van der Waals surface area (Å²) in [4.78, 5) is 11.3. The Hall–Kier alpha value is -2.20. The predicted octanol–water partition coefficient (Wildman–Crippen LogP) is 4.06. The van der Waals surface area contributed by atoms with Crippen LogP contribution in [0.1, 0.15) is 41.1 Å². The third-order valence-corrected chi connectivity index (χ3v) is 4.08. The van der Waals surface area contributed by atoms with Gasteiger partial charge in [0.1, 0.15) is 12.4 Å². The Morgan fingerprint density at radius 1 is 1.18 bits per heavy atom. The molecule has 0 atom stereocenters. The number of carbonyl (C=O) groups excluding carboxylic acids is 1. The molecule has 1 fully saturated rings. The van der Waals surface area contributed by atoms with Crippen molar-refractivity contribution >= 4 is 5.78 Å². The highest BCUT2D eigenvalue weighted by atomic mass is 19.1. The van der Waals surface area contributed by atoms with Crippen molar-refractivity contribution in [2.24, 2.45) is 0 Å². The van der Waals surface area contributed by atoms with Gasteiger partial charge in [0.2, 0.25) is 0 Å². The Morgan fingerprint density at radius 3 is 2.45 bits per heavy atom. The fourth-order valence-corrected chi connectivity index (χ4v) is 2.52. The van der Waals surface area contributed by atoms with E-state index in [0.717, 1.165) is 6.07 Å². The summed E-state index contributed by atoms with van der Waals surface area (Å²) in [6.07, 6.45) is 3.75. The van der Waals surface area contributed by atoms with Crippen molar-refractivity contribution in [1.29, 1.82) is 0 Å². The van der Waals surface area contributed by atoms with Gasteiger partial charge in [-0.3, -0.25) is 4.79 Å². The molecule has 1 N–H and O–H groups in total. The molecule has 0 bridgehead atoms. The minimum Gasteiger partial charge on any atom is -0.454 e. The summed E-state index contributed by atoms with van der Waals surface area (Å²) in [6.45, 7) is -0.637. The quantitative estimate of drug-likeness (QED) is 0.847. The maximum absolute atomic E-state index is 13.9. The van der Waals surface area contributed by atoms with Crippen LogP contribution < -0.4 is 4.74 Å². The van der Waals surface area contributed by atoms with Crippen molar-refractivity contribution in [3.63, 3.8) is 0 Å². The molecule has 2 aromatic rings. The van der Waals surface area contributed by atoms with Crippen LogP contribution in [-0.2, 0) is 0 Å². The zero-order chi connectivity index (χ0) is 15.5. The predicted molar refractivity (Wildman–Crippen MR) is 80.9 cm³/mol. The molecule has 22 heavy (non-hydrogen) atoms. The molecule has 3 nitrogen and oxygen atoms in total. The molecule has 0 spiro atoms. The summed E-state index contributed by atoms with van der Waals surface area (Å²) in [5.41, 5.74) is 1.43. The van der Waals surface area contributed by atoms with E-state index in [2.05, 4.69) is 0 Å². The summed E-state index contributed by atoms with van der Waals surface area (Å²) in [5, 5.41) is 8.78. The number of carbonyl (C=O) groups is 1. The number of ketones is 1. The fourth-order valence-electron chi connectivity index (χ4n) is 2.52. The Kier molecular flexibility index (Phi) is 4.20. The van der Waals surface area contributed by atoms with E-state index in [0.29, 0.717) is 11.7 Å². The average molecular weight is 300 g/mol. The number of benzene rings is 2. The molecule has 1 aliphatic carbocycles. The highest BCUT2D eigenvalue weighted by Crippen LogP contribution is 2.37. The SMILES string of the molecule is O=C(CO)c1ccc(Oc2ccc(C3CCC3)cc2)c(F)c1. The largest absolute Gasteiger partial charge is 0.454 e. The summed E-state index contributed by atoms with van der Waals surface area (Å²) < 4.78 is 19.5. The maximum Gasteiger partial charge on any atom is 0.188 e. The van der Waals surface area contributed by atoms with Crippen LogP contribution in [0.2, 0.25) is 0 Å². The van der Waals surface area contributed by atoms with Gasteiger partial charge in [-0.1, -0.05) is 18.6 Å². The van der Waals surface area contributed by atoms with Crippen molar-refractivity contribution in [3.8, 4) is 11.5 Å². The first-order valence-electron chi connectivity index (χ1n) is 7.39. The molecule has 0 aromatic heterocycles. The first-order valence-corrected chi connectivity index (χ1v) is 7.39. The number of aliphatic hydroxyl groups excluding tert-OH is 1. The average Bonchev–Trinajstić information content (AvgIpc) is 2.48. The van der Waals surface area contributed by atoms with Crippen molar-refractivity contribution in [3.05, 3.63) is 59.4 Å². The topological polar surface area (TPSA) is 46.5 Å². The number of hydrogen-bond acceptors (Lipinski definition) is 3. The zero-order valence-electron chi connectivity index (χ0n) is 12.1. The molecule has 0 unspecified atom stereocenters. The third-order valence-electron chi connectivity index (χ3n) is 4.08. The van der Waals surface area contributed by atoms with Gasteiger partial charge in [0.25, 0.3) is 0 Å². The lowest BCUT2D eigenvalue weighted by atomic mass is 9.80. The van der Waals surface area contributed by atoms with E-state index in [1.807, 2.05) is 24.3 Å². The van der Waals surface area contributed by atoms with Crippen LogP contribution >= 0.6 is 0 Å². The highest BCUT2D eigenvalue weighted by Gasteiger charge is 2.19. The van der Waals surface area contributed by atoms with Gasteiger partial charge >= 0.3 is 0 Å². The second kappa shape index (κ2) is 6.28. The van der Waals surface area contributed by atoms with Gasteiger partial charge in [0, 0.05) is 5.56 Å². The first kappa shape index (κ1) is 14.7. The molecule has 0 radical (unpaired) electrons. The third kappa shape index (κ3) is 3.02. The van der Waals surface area contributed by atoms with E-state index in [1.54, 1.807) is 0 Å². The molecule has 1 saturated carbocycles. The summed E-state index contributed by atoms with van der Waals surface area (Å²) >= 11 is 0. The number of aliphatic hydroxyl groups is 1. The summed E-state index contributed by atoms with van der Waals surface area (Å²) in [7, 11) is 0. The van der Waals surface area contributed by atoms with Gasteiger partial charge in [-0.2, -0.15) is 0 Å². The number of ether oxygens (including phenoxy) is 1. The van der Waals surface area contributed by atoms with Gasteiger partial charge in [-0.05, 0) is 54.7 Å². The molecular formula is C18H17FO3. The second-order valence-corrected chi connectivity index (χ2v) is 5.53. The van der Waals surface area contributed by atoms with E-state index in [-0.39, 0.29) is 11.3 Å². The molecule has 114 valence electrons. The lowest BCUT2D eigenvalue weighted by Gasteiger charge is -2.25. The standard InChI is InChI=1S/C18H17FO3/c19-16-10-14(17(21)11-20)6-9-18(16)22-15-7-4-13(5-8-15)12-2-1-3-12/h4-10,12,20H,1-3,11H2. The maximum atomic E-state index is 13.9. The molecular weight excluding hydrogens is 283 g/mol. The second-order valence-electron chi connectivity index (χ2n) is 5.53. The normalized spacial score (nSPS) is 14.5. The Bertz CT molecular complexity index is 675. The van der Waals surface area contributed by atoms with E-state index in [4.69, 9.17) is 9.84 Å². The van der Waals surface area contributed by atoms with Crippen molar-refractivity contribution < 1.29 is 19.0 Å². The van der Waals surface area contributed by atoms with Crippen LogP contribution in [0.25, 0.3) is 0 Å². The zero-order valence-corrected chi connectivity index (χ0v) is 12.1. The lowest BCUT2D eigenvalue weighted by Crippen LogP contribution is -2.08. The van der Waals surface area contributed by atoms with Gasteiger partial charge in [0.15, 0.2) is 17.3 Å². The molecule has 0 aliphatic heterocycles. The van der Waals surface area contributed by atoms with Gasteiger partial charge in [-0.15, -0.1) is 0 Å². The minimum absolute atomic E-state index is 0.0610. The van der Waals surface area contributed by atoms with Gasteiger partial charge in [0.05, 0.1) is 0 Å². The van der Waals surface area contributed by atoms with Crippen molar-refractivity contribution in [2.45, 2.75) is 25.2 Å². The molecule has 3 rings (SSSR count). The number of halogens is 1. The van der Waals surface area contributed by atoms with Crippen LogP contribution in [0, 0.1) is 5.82 Å². The van der Waals surface area contributed by atoms with E-state index >= 15 is 0 Å². The Labute approximate surface area is 128 Å². The van der Waals surface area contributed by atoms with Crippen LogP contribution in [0.3, 0.4) is 0 Å². The Morgan fingerprint density at radius 2 is 1.91 bits per heavy atom. The fraction of sp³-hybridized carbons (Fsp3) is 0.278. The number of Topliss-reactive ketones (excluding diaryl/α,β-unsaturated/α-hetero) is 1. The van der Waals surface area contributed by atoms with Crippen LogP contribution in [-0.4, -0.2) is 17.5 Å². The summed E-state index contributed by atoms with van der Waals surface area (Å²) in [6, 6.07) is 11.6. The van der Waals surface area contributed by atoms with E-state index in [9.17, 15) is 9.18 Å². The van der Waals surface area contributed by atoms with Gasteiger partial charge < -0.3 is 9.84 Å². The first-order chi connectivity index (χ1) is 10.7.